The second-order valence-electron chi connectivity index (χ2n) is 3.07. The Bertz CT molecular complexity index is 271. The quantitative estimate of drug-likeness (QED) is 0.845. The van der Waals surface area contributed by atoms with Crippen LogP contribution in [-0.4, -0.2) is 4.98 Å². The van der Waals surface area contributed by atoms with Gasteiger partial charge in [0.15, 0.2) is 0 Å². The van der Waals surface area contributed by atoms with Gasteiger partial charge in [0.25, 0.3) is 0 Å². The van der Waals surface area contributed by atoms with E-state index in [2.05, 4.69) is 34.8 Å². The SMILES string of the molecule is CC(C)c1ncc(CN)cc1Br. The number of hydrogen-bond acceptors (Lipinski definition) is 2. The summed E-state index contributed by atoms with van der Waals surface area (Å²) in [6, 6.07) is 2.03. The van der Waals surface area contributed by atoms with E-state index in [9.17, 15) is 0 Å². The molecule has 0 saturated heterocycles. The van der Waals surface area contributed by atoms with Crippen LogP contribution in [0.4, 0.5) is 0 Å². The Labute approximate surface area is 81.3 Å². The molecule has 2 N–H and O–H groups in total. The maximum absolute atomic E-state index is 5.48. The van der Waals surface area contributed by atoms with Crippen LogP contribution in [-0.2, 0) is 6.54 Å². The molecule has 1 rings (SSSR count). The van der Waals surface area contributed by atoms with Gasteiger partial charge in [0.05, 0.1) is 5.69 Å². The first-order valence-electron chi connectivity index (χ1n) is 3.99. The summed E-state index contributed by atoms with van der Waals surface area (Å²) in [5.74, 6) is 0.450. The van der Waals surface area contributed by atoms with Crippen LogP contribution >= 0.6 is 15.9 Å². The van der Waals surface area contributed by atoms with E-state index in [1.165, 1.54) is 0 Å². The van der Waals surface area contributed by atoms with E-state index in [-0.39, 0.29) is 0 Å². The Morgan fingerprint density at radius 1 is 1.58 bits per heavy atom. The molecule has 12 heavy (non-hydrogen) atoms. The van der Waals surface area contributed by atoms with E-state index in [0.29, 0.717) is 12.5 Å². The topological polar surface area (TPSA) is 38.9 Å². The van der Waals surface area contributed by atoms with E-state index in [0.717, 1.165) is 15.7 Å². The smallest absolute Gasteiger partial charge is 0.0571 e. The van der Waals surface area contributed by atoms with Crippen LogP contribution < -0.4 is 5.73 Å². The minimum absolute atomic E-state index is 0.450. The summed E-state index contributed by atoms with van der Waals surface area (Å²) in [7, 11) is 0. The number of pyridine rings is 1. The molecule has 0 radical (unpaired) electrons. The van der Waals surface area contributed by atoms with Crippen molar-refractivity contribution < 1.29 is 0 Å². The van der Waals surface area contributed by atoms with Crippen LogP contribution in [0.2, 0.25) is 0 Å². The zero-order valence-corrected chi connectivity index (χ0v) is 8.93. The third kappa shape index (κ3) is 2.05. The van der Waals surface area contributed by atoms with Gasteiger partial charge in [-0.15, -0.1) is 0 Å². The molecule has 0 unspecified atom stereocenters. The van der Waals surface area contributed by atoms with Crippen LogP contribution in [0.25, 0.3) is 0 Å². The summed E-state index contributed by atoms with van der Waals surface area (Å²) in [6.45, 7) is 4.79. The molecule has 0 spiro atoms. The summed E-state index contributed by atoms with van der Waals surface area (Å²) in [5.41, 5.74) is 7.64. The molecule has 1 heterocycles. The van der Waals surface area contributed by atoms with Gasteiger partial charge in [0.2, 0.25) is 0 Å². The molecule has 0 aliphatic heterocycles. The second kappa shape index (κ2) is 4.01. The first kappa shape index (κ1) is 9.68. The van der Waals surface area contributed by atoms with Gasteiger partial charge in [0.1, 0.15) is 0 Å². The Hall–Kier alpha value is -0.410. The van der Waals surface area contributed by atoms with Crippen LogP contribution in [0.5, 0.6) is 0 Å². The zero-order chi connectivity index (χ0) is 9.14. The van der Waals surface area contributed by atoms with Crippen molar-refractivity contribution in [2.75, 3.05) is 0 Å². The van der Waals surface area contributed by atoms with Gasteiger partial charge in [-0.1, -0.05) is 13.8 Å². The molecule has 1 aromatic heterocycles. The first-order chi connectivity index (χ1) is 5.65. The molecule has 0 bridgehead atoms. The Morgan fingerprint density at radius 3 is 2.67 bits per heavy atom. The van der Waals surface area contributed by atoms with E-state index in [4.69, 9.17) is 5.73 Å². The maximum Gasteiger partial charge on any atom is 0.0571 e. The minimum Gasteiger partial charge on any atom is -0.326 e. The number of rotatable bonds is 2. The highest BCUT2D eigenvalue weighted by atomic mass is 79.9. The fourth-order valence-electron chi connectivity index (χ4n) is 1.02. The van der Waals surface area contributed by atoms with Crippen LogP contribution in [0.1, 0.15) is 31.0 Å². The van der Waals surface area contributed by atoms with Crippen molar-refractivity contribution in [1.29, 1.82) is 0 Å². The lowest BCUT2D eigenvalue weighted by Crippen LogP contribution is -2.00. The van der Waals surface area contributed by atoms with Gasteiger partial charge in [-0.3, -0.25) is 4.98 Å². The van der Waals surface area contributed by atoms with E-state index < -0.39 is 0 Å². The number of halogens is 1. The van der Waals surface area contributed by atoms with Crippen LogP contribution in [0, 0.1) is 0 Å². The molecule has 0 aliphatic carbocycles. The van der Waals surface area contributed by atoms with Crippen LogP contribution in [0.3, 0.4) is 0 Å². The lowest BCUT2D eigenvalue weighted by molar-refractivity contribution is 0.811. The lowest BCUT2D eigenvalue weighted by Gasteiger charge is -2.07. The molecule has 3 heteroatoms. The molecule has 1 aromatic rings. The van der Waals surface area contributed by atoms with Crippen molar-refractivity contribution in [3.8, 4) is 0 Å². The molecular weight excluding hydrogens is 216 g/mol. The second-order valence-corrected chi connectivity index (χ2v) is 3.92. The zero-order valence-electron chi connectivity index (χ0n) is 7.34. The molecule has 2 nitrogen and oxygen atoms in total. The fraction of sp³-hybridized carbons (Fsp3) is 0.444. The van der Waals surface area contributed by atoms with E-state index >= 15 is 0 Å². The molecule has 0 atom stereocenters. The lowest BCUT2D eigenvalue weighted by atomic mass is 10.1. The van der Waals surface area contributed by atoms with E-state index in [1.807, 2.05) is 12.3 Å². The van der Waals surface area contributed by atoms with Gasteiger partial charge in [-0.2, -0.15) is 0 Å². The highest BCUT2D eigenvalue weighted by Crippen LogP contribution is 2.22. The Balaban J connectivity index is 3.03. The standard InChI is InChI=1S/C9H13BrN2/c1-6(2)9-8(10)3-7(4-11)5-12-9/h3,5-6H,4,11H2,1-2H3. The number of nitrogens with two attached hydrogens (primary N) is 1. The van der Waals surface area contributed by atoms with Crippen molar-refractivity contribution in [1.82, 2.24) is 4.98 Å². The fourth-order valence-corrected chi connectivity index (χ4v) is 1.88. The first-order valence-corrected chi connectivity index (χ1v) is 4.78. The van der Waals surface area contributed by atoms with Gasteiger partial charge in [-0.25, -0.2) is 0 Å². The third-order valence-corrected chi connectivity index (χ3v) is 2.34. The van der Waals surface area contributed by atoms with Crippen molar-refractivity contribution >= 4 is 15.9 Å². The summed E-state index contributed by atoms with van der Waals surface area (Å²) in [5, 5.41) is 0. The summed E-state index contributed by atoms with van der Waals surface area (Å²) < 4.78 is 1.06. The molecule has 0 amide bonds. The van der Waals surface area contributed by atoms with Crippen molar-refractivity contribution in [2.24, 2.45) is 5.73 Å². The maximum atomic E-state index is 5.48. The van der Waals surface area contributed by atoms with Gasteiger partial charge >= 0.3 is 0 Å². The normalized spacial score (nSPS) is 10.8. The number of hydrogen-bond donors (Lipinski definition) is 1. The average molecular weight is 229 g/mol. The summed E-state index contributed by atoms with van der Waals surface area (Å²) in [6.07, 6.45) is 1.83. The Kier molecular flexibility index (Phi) is 3.23. The van der Waals surface area contributed by atoms with Gasteiger partial charge in [-0.05, 0) is 33.5 Å². The molecule has 0 saturated carbocycles. The summed E-state index contributed by atoms with van der Waals surface area (Å²) in [4.78, 5) is 4.32. The van der Waals surface area contributed by atoms with Crippen molar-refractivity contribution in [3.63, 3.8) is 0 Å². The largest absolute Gasteiger partial charge is 0.326 e. The predicted molar refractivity (Wildman–Crippen MR) is 53.9 cm³/mol. The predicted octanol–water partition coefficient (Wildman–Crippen LogP) is 2.43. The number of nitrogens with zero attached hydrogens (tertiary/aromatic N) is 1. The molecule has 0 fully saturated rings. The molecule has 0 aromatic carbocycles. The molecule has 66 valence electrons. The summed E-state index contributed by atoms with van der Waals surface area (Å²) >= 11 is 3.47. The van der Waals surface area contributed by atoms with Crippen LogP contribution in [0.15, 0.2) is 16.7 Å². The minimum atomic E-state index is 0.450. The van der Waals surface area contributed by atoms with Gasteiger partial charge in [0, 0.05) is 17.2 Å². The monoisotopic (exact) mass is 228 g/mol. The molecule has 0 aliphatic rings. The third-order valence-electron chi connectivity index (χ3n) is 1.71. The highest BCUT2D eigenvalue weighted by Gasteiger charge is 2.05. The van der Waals surface area contributed by atoms with Crippen molar-refractivity contribution in [3.05, 3.63) is 28.0 Å². The van der Waals surface area contributed by atoms with Gasteiger partial charge < -0.3 is 5.73 Å². The number of aromatic nitrogens is 1. The Morgan fingerprint density at radius 2 is 2.25 bits per heavy atom. The highest BCUT2D eigenvalue weighted by molar-refractivity contribution is 9.10. The molecular formula is C9H13BrN2. The van der Waals surface area contributed by atoms with Crippen molar-refractivity contribution in [2.45, 2.75) is 26.3 Å². The van der Waals surface area contributed by atoms with E-state index in [1.54, 1.807) is 0 Å². The average Bonchev–Trinajstić information content (AvgIpc) is 2.03.